The van der Waals surface area contributed by atoms with Crippen LogP contribution in [0.25, 0.3) is 0 Å². The lowest BCUT2D eigenvalue weighted by Crippen LogP contribution is -2.27. The third-order valence-electron chi connectivity index (χ3n) is 7.36. The molecule has 5 aromatic rings. The van der Waals surface area contributed by atoms with E-state index in [-0.39, 0.29) is 24.7 Å². The second-order valence-electron chi connectivity index (χ2n) is 14.2. The highest BCUT2D eigenvalue weighted by molar-refractivity contribution is 8.33. The SMILES string of the molecule is CC(C)(C)OC(=O)COc1ccc(S(OS(=O)(=O)c2ccccc2)(c2ccc(OCC(=O)OC(C)(C)C)cc2)c2ccc(OCc3ccccn3)cc2)cc1. The maximum atomic E-state index is 14.2. The zero-order valence-electron chi connectivity index (χ0n) is 31.6. The Morgan fingerprint density at radius 3 is 1.35 bits per heavy atom. The van der Waals surface area contributed by atoms with E-state index in [4.69, 9.17) is 27.3 Å². The van der Waals surface area contributed by atoms with Crippen LogP contribution in [0.5, 0.6) is 17.2 Å². The van der Waals surface area contributed by atoms with Crippen molar-refractivity contribution in [3.8, 4) is 17.2 Å². The molecule has 1 aromatic heterocycles. The predicted octanol–water partition coefficient (Wildman–Crippen LogP) is 8.70. The van der Waals surface area contributed by atoms with Gasteiger partial charge in [0, 0.05) is 20.9 Å². The summed E-state index contributed by atoms with van der Waals surface area (Å²) in [5.74, 6) is 0.183. The Hall–Kier alpha value is -5.37. The lowest BCUT2D eigenvalue weighted by atomic mass is 10.2. The van der Waals surface area contributed by atoms with Crippen LogP contribution in [0.4, 0.5) is 0 Å². The fourth-order valence-corrected chi connectivity index (χ4v) is 10.3. The number of esters is 2. The summed E-state index contributed by atoms with van der Waals surface area (Å²) < 4.78 is 63.2. The number of benzene rings is 4. The van der Waals surface area contributed by atoms with Crippen LogP contribution in [-0.2, 0) is 39.4 Å². The van der Waals surface area contributed by atoms with Gasteiger partial charge in [0.1, 0.15) is 35.1 Å². The Kier molecular flexibility index (Phi) is 12.9. The summed E-state index contributed by atoms with van der Waals surface area (Å²) in [5.41, 5.74) is -0.610. The van der Waals surface area contributed by atoms with E-state index in [9.17, 15) is 18.0 Å². The Morgan fingerprint density at radius 1 is 0.527 bits per heavy atom. The predicted molar refractivity (Wildman–Crippen MR) is 208 cm³/mol. The lowest BCUT2D eigenvalue weighted by molar-refractivity contribution is -0.158. The summed E-state index contributed by atoms with van der Waals surface area (Å²) in [5, 5.41) is 0. The van der Waals surface area contributed by atoms with E-state index in [1.807, 2.05) is 18.2 Å². The average molecular weight is 788 g/mol. The van der Waals surface area contributed by atoms with Gasteiger partial charge in [-0.25, -0.2) is 13.2 Å². The largest absolute Gasteiger partial charge is 0.487 e. The number of hydrogen-bond acceptors (Lipinski definition) is 11. The van der Waals surface area contributed by atoms with Crippen LogP contribution in [0, 0.1) is 0 Å². The van der Waals surface area contributed by atoms with Gasteiger partial charge in [-0.1, -0.05) is 24.3 Å². The van der Waals surface area contributed by atoms with Gasteiger partial charge in [0.2, 0.25) is 0 Å². The molecule has 290 valence electrons. The van der Waals surface area contributed by atoms with E-state index in [0.717, 1.165) is 5.69 Å². The molecule has 4 aromatic carbocycles. The molecule has 0 aliphatic carbocycles. The maximum Gasteiger partial charge on any atom is 0.344 e. The minimum Gasteiger partial charge on any atom is -0.487 e. The Morgan fingerprint density at radius 2 is 0.945 bits per heavy atom. The molecule has 0 fully saturated rings. The summed E-state index contributed by atoms with van der Waals surface area (Å²) in [6.07, 6.45) is 1.69. The Labute approximate surface area is 324 Å². The quantitative estimate of drug-likeness (QED) is 0.0943. The third kappa shape index (κ3) is 11.6. The monoisotopic (exact) mass is 787 g/mol. The van der Waals surface area contributed by atoms with Crippen molar-refractivity contribution in [3.63, 3.8) is 0 Å². The van der Waals surface area contributed by atoms with E-state index in [2.05, 4.69) is 4.98 Å². The molecule has 0 N–H and O–H groups in total. The fraction of sp³-hybridized carbons (Fsp3) is 0.262. The second-order valence-corrected chi connectivity index (χ2v) is 18.6. The maximum absolute atomic E-state index is 14.2. The Balaban J connectivity index is 1.57. The van der Waals surface area contributed by atoms with E-state index >= 15 is 0 Å². The van der Waals surface area contributed by atoms with Crippen molar-refractivity contribution in [1.82, 2.24) is 4.98 Å². The molecule has 0 aliphatic heterocycles. The average Bonchev–Trinajstić information content (AvgIpc) is 3.15. The van der Waals surface area contributed by atoms with Gasteiger partial charge in [-0.15, -0.1) is 0 Å². The first-order valence-electron chi connectivity index (χ1n) is 17.4. The molecule has 0 radical (unpaired) electrons. The molecular formula is C42H45NO10S2. The molecule has 0 atom stereocenters. The van der Waals surface area contributed by atoms with Crippen molar-refractivity contribution in [3.05, 3.63) is 133 Å². The Bertz CT molecular complexity index is 2050. The normalized spacial score (nSPS) is 12.3. The highest BCUT2D eigenvalue weighted by atomic mass is 32.3. The van der Waals surface area contributed by atoms with Crippen molar-refractivity contribution in [2.45, 2.75) is 78.9 Å². The summed E-state index contributed by atoms with van der Waals surface area (Å²) in [6.45, 7) is 10.2. The molecule has 0 spiro atoms. The summed E-state index contributed by atoms with van der Waals surface area (Å²) in [7, 11) is -7.52. The van der Waals surface area contributed by atoms with Gasteiger partial charge in [0.15, 0.2) is 13.2 Å². The molecule has 13 heteroatoms. The van der Waals surface area contributed by atoms with Gasteiger partial charge < -0.3 is 23.7 Å². The molecule has 5 rings (SSSR count). The first-order valence-corrected chi connectivity index (χ1v) is 20.4. The number of carbonyl (C=O) groups excluding carboxylic acids is 2. The van der Waals surface area contributed by atoms with Crippen molar-refractivity contribution >= 4 is 32.4 Å². The number of ether oxygens (including phenoxy) is 5. The van der Waals surface area contributed by atoms with Crippen LogP contribution >= 0.6 is 10.3 Å². The van der Waals surface area contributed by atoms with Crippen LogP contribution < -0.4 is 14.2 Å². The van der Waals surface area contributed by atoms with E-state index in [1.54, 1.807) is 139 Å². The van der Waals surface area contributed by atoms with Gasteiger partial charge in [-0.05, 0) is 149 Å². The van der Waals surface area contributed by atoms with Gasteiger partial charge in [-0.3, -0.25) is 4.98 Å². The first kappa shape index (κ1) is 40.8. The van der Waals surface area contributed by atoms with E-state index in [1.165, 1.54) is 12.1 Å². The molecule has 0 aliphatic rings. The number of hydrogen-bond donors (Lipinski definition) is 0. The highest BCUT2D eigenvalue weighted by Gasteiger charge is 2.38. The minimum absolute atomic E-state index is 0.0307. The van der Waals surface area contributed by atoms with Crippen LogP contribution in [0.15, 0.2) is 147 Å². The molecule has 0 saturated carbocycles. The molecule has 55 heavy (non-hydrogen) atoms. The molecule has 0 saturated heterocycles. The van der Waals surface area contributed by atoms with Crippen molar-refractivity contribution in [2.24, 2.45) is 0 Å². The molecule has 11 nitrogen and oxygen atoms in total. The van der Waals surface area contributed by atoms with Gasteiger partial charge in [-0.2, -0.15) is 8.42 Å². The van der Waals surface area contributed by atoms with Gasteiger partial charge >= 0.3 is 22.1 Å². The highest BCUT2D eigenvalue weighted by Crippen LogP contribution is 2.70. The fourth-order valence-electron chi connectivity index (χ4n) is 5.14. The second kappa shape index (κ2) is 17.4. The van der Waals surface area contributed by atoms with Crippen LogP contribution in [0.2, 0.25) is 0 Å². The number of carbonyl (C=O) groups is 2. The van der Waals surface area contributed by atoms with Crippen molar-refractivity contribution in [2.75, 3.05) is 13.2 Å². The van der Waals surface area contributed by atoms with Gasteiger partial charge in [0.25, 0.3) is 0 Å². The smallest absolute Gasteiger partial charge is 0.344 e. The lowest BCUT2D eigenvalue weighted by Gasteiger charge is -2.39. The van der Waals surface area contributed by atoms with E-state index < -0.39 is 43.6 Å². The summed E-state index contributed by atoms with van der Waals surface area (Å²) in [6, 6.07) is 33.9. The first-order chi connectivity index (χ1) is 26.0. The summed E-state index contributed by atoms with van der Waals surface area (Å²) >= 11 is 0. The van der Waals surface area contributed by atoms with Crippen molar-refractivity contribution in [1.29, 1.82) is 0 Å². The topological polar surface area (TPSA) is 137 Å². The van der Waals surface area contributed by atoms with Crippen LogP contribution in [0.1, 0.15) is 47.2 Å². The standard InChI is InChI=1S/C42H45NO10S2/c1-41(2,3)51-39(44)29-49-33-17-23-36(24-18-33)54(53-55(46,47)38-13-8-7-9-14-38,35-21-15-32(16-22-35)48-28-31-12-10-11-27-43-31)37-25-19-34(20-26-37)50-30-40(45)52-42(4,5)6/h7-27H,28-30H2,1-6H3. The molecule has 1 heterocycles. The number of rotatable bonds is 15. The molecule has 0 amide bonds. The summed E-state index contributed by atoms with van der Waals surface area (Å²) in [4.78, 5) is 30.5. The number of pyridine rings is 1. The van der Waals surface area contributed by atoms with Crippen molar-refractivity contribution < 1.29 is 45.3 Å². The van der Waals surface area contributed by atoms with Crippen LogP contribution in [-0.4, -0.2) is 49.8 Å². The van der Waals surface area contributed by atoms with Gasteiger partial charge in [0.05, 0.1) is 10.6 Å². The number of aromatic nitrogens is 1. The molecule has 0 unspecified atom stereocenters. The van der Waals surface area contributed by atoms with Crippen LogP contribution in [0.3, 0.4) is 0 Å². The zero-order chi connectivity index (χ0) is 39.7. The molecule has 0 bridgehead atoms. The number of nitrogens with zero attached hydrogens (tertiary/aromatic N) is 1. The third-order valence-corrected chi connectivity index (χ3v) is 12.5. The zero-order valence-corrected chi connectivity index (χ0v) is 33.2. The molecular weight excluding hydrogens is 743 g/mol. The minimum atomic E-state index is -4.40. The van der Waals surface area contributed by atoms with E-state index in [0.29, 0.717) is 31.9 Å².